The molecule has 100 valence electrons. The smallest absolute Gasteiger partial charge is 0.0830 e. The fourth-order valence-electron chi connectivity index (χ4n) is 2.35. The number of halogens is 1. The van der Waals surface area contributed by atoms with Gasteiger partial charge in [0.1, 0.15) is 0 Å². The van der Waals surface area contributed by atoms with E-state index < -0.39 is 6.10 Å². The van der Waals surface area contributed by atoms with E-state index in [1.807, 2.05) is 6.07 Å². The molecule has 1 atom stereocenters. The molecule has 0 aromatic heterocycles. The summed E-state index contributed by atoms with van der Waals surface area (Å²) in [5, 5.41) is 10.4. The predicted molar refractivity (Wildman–Crippen MR) is 83.5 cm³/mol. The van der Waals surface area contributed by atoms with Crippen molar-refractivity contribution in [2.45, 2.75) is 33.3 Å². The van der Waals surface area contributed by atoms with Gasteiger partial charge in [-0.25, -0.2) is 0 Å². The number of aryl methyl sites for hydroxylation is 3. The Morgan fingerprint density at radius 2 is 1.68 bits per heavy atom. The van der Waals surface area contributed by atoms with Crippen LogP contribution in [0.4, 0.5) is 0 Å². The molecule has 2 rings (SSSR count). The minimum Gasteiger partial charge on any atom is -0.388 e. The molecule has 0 spiro atoms. The Balaban J connectivity index is 2.23. The molecule has 1 N–H and O–H groups in total. The minimum absolute atomic E-state index is 0.452. The average molecular weight is 319 g/mol. The molecule has 0 saturated carbocycles. The van der Waals surface area contributed by atoms with Crippen LogP contribution in [0.3, 0.4) is 0 Å². The van der Waals surface area contributed by atoms with Gasteiger partial charge in [-0.15, -0.1) is 0 Å². The number of hydrogen-bond acceptors (Lipinski definition) is 1. The number of aliphatic hydroxyl groups is 1. The molecule has 0 aliphatic carbocycles. The highest BCUT2D eigenvalue weighted by atomic mass is 79.9. The first-order chi connectivity index (χ1) is 8.97. The fourth-order valence-corrected chi connectivity index (χ4v) is 2.58. The monoisotopic (exact) mass is 318 g/mol. The second-order valence-corrected chi connectivity index (χ2v) is 5.97. The number of rotatable bonds is 3. The number of aliphatic hydroxyl groups excluding tert-OH is 1. The second kappa shape index (κ2) is 5.89. The van der Waals surface area contributed by atoms with Gasteiger partial charge < -0.3 is 5.11 Å². The SMILES string of the molecule is Cc1cccc(CC(O)c2cc(C)c(Br)c(C)c2)c1. The second-order valence-electron chi connectivity index (χ2n) is 5.18. The summed E-state index contributed by atoms with van der Waals surface area (Å²) in [7, 11) is 0. The summed E-state index contributed by atoms with van der Waals surface area (Å²) in [6.07, 6.45) is 0.203. The maximum Gasteiger partial charge on any atom is 0.0830 e. The highest BCUT2D eigenvalue weighted by Gasteiger charge is 2.11. The van der Waals surface area contributed by atoms with Gasteiger partial charge in [0.2, 0.25) is 0 Å². The summed E-state index contributed by atoms with van der Waals surface area (Å²) < 4.78 is 1.12. The van der Waals surface area contributed by atoms with Gasteiger partial charge in [-0.05, 0) is 43.0 Å². The zero-order valence-electron chi connectivity index (χ0n) is 11.6. The lowest BCUT2D eigenvalue weighted by Gasteiger charge is -2.14. The lowest BCUT2D eigenvalue weighted by atomic mass is 9.97. The molecule has 0 saturated heterocycles. The van der Waals surface area contributed by atoms with Crippen molar-refractivity contribution in [3.8, 4) is 0 Å². The van der Waals surface area contributed by atoms with Gasteiger partial charge in [-0.3, -0.25) is 0 Å². The van der Waals surface area contributed by atoms with Crippen LogP contribution in [0.25, 0.3) is 0 Å². The molecule has 0 radical (unpaired) electrons. The lowest BCUT2D eigenvalue weighted by Crippen LogP contribution is -2.03. The van der Waals surface area contributed by atoms with Crippen LogP contribution >= 0.6 is 15.9 Å². The standard InChI is InChI=1S/C17H19BrO/c1-11-5-4-6-14(7-11)10-16(19)15-8-12(2)17(18)13(3)9-15/h4-9,16,19H,10H2,1-3H3. The predicted octanol–water partition coefficient (Wildman–Crippen LogP) is 4.65. The summed E-state index contributed by atoms with van der Waals surface area (Å²) in [5.41, 5.74) is 5.72. The summed E-state index contributed by atoms with van der Waals surface area (Å²) in [6, 6.07) is 12.4. The van der Waals surface area contributed by atoms with E-state index in [0.29, 0.717) is 6.42 Å². The van der Waals surface area contributed by atoms with Gasteiger partial charge in [-0.1, -0.05) is 57.9 Å². The molecule has 1 nitrogen and oxygen atoms in total. The van der Waals surface area contributed by atoms with Gasteiger partial charge in [0.05, 0.1) is 6.10 Å². The lowest BCUT2D eigenvalue weighted by molar-refractivity contribution is 0.178. The third kappa shape index (κ3) is 3.46. The number of hydrogen-bond donors (Lipinski definition) is 1. The van der Waals surface area contributed by atoms with Gasteiger partial charge in [0.15, 0.2) is 0 Å². The summed E-state index contributed by atoms with van der Waals surface area (Å²) in [6.45, 7) is 6.18. The Labute approximate surface area is 123 Å². The van der Waals surface area contributed by atoms with Gasteiger partial charge >= 0.3 is 0 Å². The van der Waals surface area contributed by atoms with Crippen LogP contribution in [-0.4, -0.2) is 5.11 Å². The van der Waals surface area contributed by atoms with Crippen molar-refractivity contribution in [2.24, 2.45) is 0 Å². The zero-order chi connectivity index (χ0) is 14.0. The molecule has 1 unspecified atom stereocenters. The Bertz CT molecular complexity index is 567. The normalized spacial score (nSPS) is 12.5. The molecule has 0 heterocycles. The van der Waals surface area contributed by atoms with Crippen molar-refractivity contribution in [2.75, 3.05) is 0 Å². The molecule has 0 amide bonds. The molecule has 0 aliphatic heterocycles. The van der Waals surface area contributed by atoms with Gasteiger partial charge in [0.25, 0.3) is 0 Å². The summed E-state index contributed by atoms with van der Waals surface area (Å²) in [5.74, 6) is 0. The third-order valence-corrected chi connectivity index (χ3v) is 4.61. The van der Waals surface area contributed by atoms with E-state index in [-0.39, 0.29) is 0 Å². The molecular weight excluding hydrogens is 300 g/mol. The Hall–Kier alpha value is -1.12. The molecular formula is C17H19BrO. The zero-order valence-corrected chi connectivity index (χ0v) is 13.2. The highest BCUT2D eigenvalue weighted by Crippen LogP contribution is 2.27. The van der Waals surface area contributed by atoms with Crippen LogP contribution in [0.15, 0.2) is 40.9 Å². The molecule has 2 aromatic rings. The Kier molecular flexibility index (Phi) is 4.43. The first-order valence-corrected chi connectivity index (χ1v) is 7.27. The quantitative estimate of drug-likeness (QED) is 0.873. The van der Waals surface area contributed by atoms with Gasteiger partial charge in [-0.2, -0.15) is 0 Å². The van der Waals surface area contributed by atoms with Gasteiger partial charge in [0, 0.05) is 10.9 Å². The van der Waals surface area contributed by atoms with E-state index in [0.717, 1.165) is 10.0 Å². The maximum atomic E-state index is 10.4. The van der Waals surface area contributed by atoms with Crippen molar-refractivity contribution in [1.82, 2.24) is 0 Å². The van der Waals surface area contributed by atoms with Crippen molar-refractivity contribution in [1.29, 1.82) is 0 Å². The topological polar surface area (TPSA) is 20.2 Å². The minimum atomic E-state index is -0.452. The third-order valence-electron chi connectivity index (χ3n) is 3.36. The molecule has 2 heteroatoms. The molecule has 19 heavy (non-hydrogen) atoms. The van der Waals surface area contributed by atoms with Crippen molar-refractivity contribution in [3.63, 3.8) is 0 Å². The van der Waals surface area contributed by atoms with Crippen LogP contribution in [0.1, 0.15) is 33.9 Å². The van der Waals surface area contributed by atoms with Crippen LogP contribution in [0.2, 0.25) is 0 Å². The number of benzene rings is 2. The van der Waals surface area contributed by atoms with E-state index in [1.165, 1.54) is 22.3 Å². The Morgan fingerprint density at radius 3 is 2.26 bits per heavy atom. The Morgan fingerprint density at radius 1 is 1.05 bits per heavy atom. The molecule has 0 bridgehead atoms. The highest BCUT2D eigenvalue weighted by molar-refractivity contribution is 9.10. The van der Waals surface area contributed by atoms with E-state index in [9.17, 15) is 5.11 Å². The van der Waals surface area contributed by atoms with Crippen LogP contribution in [0, 0.1) is 20.8 Å². The average Bonchev–Trinajstić information content (AvgIpc) is 2.35. The first-order valence-electron chi connectivity index (χ1n) is 6.47. The summed E-state index contributed by atoms with van der Waals surface area (Å²) in [4.78, 5) is 0. The van der Waals surface area contributed by atoms with E-state index in [2.05, 4.69) is 67.0 Å². The summed E-state index contributed by atoms with van der Waals surface area (Å²) >= 11 is 3.56. The first kappa shape index (κ1) is 14.3. The van der Waals surface area contributed by atoms with Crippen molar-refractivity contribution >= 4 is 15.9 Å². The van der Waals surface area contributed by atoms with Crippen LogP contribution in [-0.2, 0) is 6.42 Å². The largest absolute Gasteiger partial charge is 0.388 e. The van der Waals surface area contributed by atoms with E-state index in [1.54, 1.807) is 0 Å². The molecule has 0 fully saturated rings. The van der Waals surface area contributed by atoms with Crippen molar-refractivity contribution in [3.05, 3.63) is 68.7 Å². The molecule has 2 aromatic carbocycles. The van der Waals surface area contributed by atoms with Crippen LogP contribution < -0.4 is 0 Å². The van der Waals surface area contributed by atoms with E-state index >= 15 is 0 Å². The van der Waals surface area contributed by atoms with Crippen LogP contribution in [0.5, 0.6) is 0 Å². The maximum absolute atomic E-state index is 10.4. The fraction of sp³-hybridized carbons (Fsp3) is 0.294. The van der Waals surface area contributed by atoms with Crippen molar-refractivity contribution < 1.29 is 5.11 Å². The van der Waals surface area contributed by atoms with E-state index in [4.69, 9.17) is 0 Å². The molecule has 0 aliphatic rings.